The van der Waals surface area contributed by atoms with Crippen LogP contribution < -0.4 is 15.4 Å². The van der Waals surface area contributed by atoms with Gasteiger partial charge in [0.05, 0.1) is 12.3 Å². The molecule has 0 heterocycles. The van der Waals surface area contributed by atoms with Crippen LogP contribution in [-0.4, -0.2) is 17.5 Å². The van der Waals surface area contributed by atoms with Crippen LogP contribution >= 0.6 is 34.8 Å². The quantitative estimate of drug-likeness (QED) is 0.585. The Morgan fingerprint density at radius 3 is 2.31 bits per heavy atom. The number of amides is 2. The number of hydrogen-bond acceptors (Lipinski definition) is 3. The molecule has 0 radical (unpaired) electrons. The van der Waals surface area contributed by atoms with E-state index in [-0.39, 0.29) is 32.0 Å². The van der Waals surface area contributed by atoms with Gasteiger partial charge in [-0.1, -0.05) is 34.8 Å². The fourth-order valence-electron chi connectivity index (χ4n) is 1.99. The van der Waals surface area contributed by atoms with E-state index >= 15 is 0 Å². The first-order valence-corrected chi connectivity index (χ1v) is 7.94. The topological polar surface area (TPSA) is 70.6 Å². The van der Waals surface area contributed by atoms with Crippen LogP contribution in [0.5, 0.6) is 5.75 Å². The van der Waals surface area contributed by atoms with Crippen molar-refractivity contribution in [1.29, 1.82) is 0 Å². The maximum Gasteiger partial charge on any atom is 0.573 e. The number of hydrogen-bond donors (Lipinski definition) is 3. The molecule has 26 heavy (non-hydrogen) atoms. The molecule has 0 atom stereocenters. The molecule has 2 aromatic rings. The van der Waals surface area contributed by atoms with Gasteiger partial charge in [0.25, 0.3) is 0 Å². The van der Waals surface area contributed by atoms with Crippen LogP contribution in [0.1, 0.15) is 5.56 Å². The van der Waals surface area contributed by atoms with Crippen molar-refractivity contribution in [3.63, 3.8) is 0 Å². The van der Waals surface area contributed by atoms with E-state index in [9.17, 15) is 23.1 Å². The zero-order valence-electron chi connectivity index (χ0n) is 12.6. The molecule has 0 aliphatic carbocycles. The molecule has 0 fully saturated rings. The number of aliphatic hydroxyl groups is 1. The number of halogens is 6. The van der Waals surface area contributed by atoms with Crippen LogP contribution in [0.25, 0.3) is 0 Å². The van der Waals surface area contributed by atoms with Crippen LogP contribution in [0.2, 0.25) is 15.1 Å². The van der Waals surface area contributed by atoms with Crippen molar-refractivity contribution in [2.45, 2.75) is 13.0 Å². The number of ether oxygens (including phenoxy) is 1. The molecule has 2 aromatic carbocycles. The van der Waals surface area contributed by atoms with E-state index in [0.717, 1.165) is 12.1 Å². The Kier molecular flexibility index (Phi) is 6.46. The van der Waals surface area contributed by atoms with Gasteiger partial charge >= 0.3 is 12.4 Å². The number of carbonyl (C=O) groups is 1. The lowest BCUT2D eigenvalue weighted by Crippen LogP contribution is -2.21. The summed E-state index contributed by atoms with van der Waals surface area (Å²) in [5.74, 6) is -0.595. The second-order valence-electron chi connectivity index (χ2n) is 4.87. The summed E-state index contributed by atoms with van der Waals surface area (Å²) in [5.41, 5.74) is 0.308. The minimum atomic E-state index is -4.90. The van der Waals surface area contributed by atoms with Crippen molar-refractivity contribution >= 4 is 52.2 Å². The van der Waals surface area contributed by atoms with Gasteiger partial charge < -0.3 is 20.5 Å². The molecule has 0 aliphatic rings. The van der Waals surface area contributed by atoms with Crippen molar-refractivity contribution in [3.05, 3.63) is 51.0 Å². The molecule has 140 valence electrons. The highest BCUT2D eigenvalue weighted by atomic mass is 35.5. The molecule has 0 saturated heterocycles. The van der Waals surface area contributed by atoms with Crippen LogP contribution in [0.3, 0.4) is 0 Å². The van der Waals surface area contributed by atoms with Gasteiger partial charge in [0.1, 0.15) is 5.75 Å². The lowest BCUT2D eigenvalue weighted by molar-refractivity contribution is -0.274. The minimum absolute atomic E-state index is 0.0482. The third-order valence-electron chi connectivity index (χ3n) is 2.93. The molecule has 0 aliphatic heterocycles. The predicted octanol–water partition coefficient (Wildman–Crippen LogP) is 5.68. The first-order valence-electron chi connectivity index (χ1n) is 6.80. The standard InChI is InChI=1S/C15H10Cl3F3N2O3/c16-7-1-9(5-10(2-7)26-15(19,20)21)22-14(25)23-13-4-8(17)3-12(18)11(13)6-24/h1-5,24H,6H2,(H2,22,23,25). The first kappa shape index (κ1) is 20.4. The summed E-state index contributed by atoms with van der Waals surface area (Å²) in [7, 11) is 0. The largest absolute Gasteiger partial charge is 0.573 e. The van der Waals surface area contributed by atoms with Gasteiger partial charge in [-0.15, -0.1) is 13.2 Å². The molecule has 3 N–H and O–H groups in total. The summed E-state index contributed by atoms with van der Waals surface area (Å²) in [6.07, 6.45) is -4.90. The summed E-state index contributed by atoms with van der Waals surface area (Å²) in [4.78, 5) is 12.1. The maximum atomic E-state index is 12.3. The molecule has 5 nitrogen and oxygen atoms in total. The Hall–Kier alpha value is -1.87. The van der Waals surface area contributed by atoms with Crippen molar-refractivity contribution in [2.75, 3.05) is 10.6 Å². The first-order chi connectivity index (χ1) is 12.1. The van der Waals surface area contributed by atoms with E-state index in [4.69, 9.17) is 34.8 Å². The highest BCUT2D eigenvalue weighted by molar-refractivity contribution is 6.35. The summed E-state index contributed by atoms with van der Waals surface area (Å²) in [6, 6.07) is 5.03. The molecular weight excluding hydrogens is 420 g/mol. The number of rotatable bonds is 4. The lowest BCUT2D eigenvalue weighted by Gasteiger charge is -2.14. The van der Waals surface area contributed by atoms with Crippen molar-refractivity contribution in [1.82, 2.24) is 0 Å². The number of alkyl halides is 3. The molecule has 2 rings (SSSR count). The smallest absolute Gasteiger partial charge is 0.406 e. The van der Waals surface area contributed by atoms with E-state index in [2.05, 4.69) is 15.4 Å². The highest BCUT2D eigenvalue weighted by Crippen LogP contribution is 2.31. The Bertz CT molecular complexity index is 832. The van der Waals surface area contributed by atoms with Crippen LogP contribution in [0, 0.1) is 0 Å². The zero-order chi connectivity index (χ0) is 19.5. The normalized spacial score (nSPS) is 11.2. The zero-order valence-corrected chi connectivity index (χ0v) is 14.9. The van der Waals surface area contributed by atoms with Gasteiger partial charge in [-0.25, -0.2) is 4.79 Å². The van der Waals surface area contributed by atoms with E-state index < -0.39 is 24.7 Å². The van der Waals surface area contributed by atoms with Crippen LogP contribution in [0.15, 0.2) is 30.3 Å². The van der Waals surface area contributed by atoms with E-state index in [0.29, 0.717) is 0 Å². The monoisotopic (exact) mass is 428 g/mol. The number of benzene rings is 2. The summed E-state index contributed by atoms with van der Waals surface area (Å²) in [5, 5.41) is 14.3. The second kappa shape index (κ2) is 8.22. The van der Waals surface area contributed by atoms with Crippen LogP contribution in [0.4, 0.5) is 29.3 Å². The SMILES string of the molecule is O=C(Nc1cc(Cl)cc(OC(F)(F)F)c1)Nc1cc(Cl)cc(Cl)c1CO. The van der Waals surface area contributed by atoms with Gasteiger partial charge in [0.15, 0.2) is 0 Å². The predicted molar refractivity (Wildman–Crippen MR) is 93.2 cm³/mol. The van der Waals surface area contributed by atoms with Gasteiger partial charge in [0.2, 0.25) is 0 Å². The number of aliphatic hydroxyl groups excluding tert-OH is 1. The Balaban J connectivity index is 2.18. The molecule has 2 amide bonds. The fourth-order valence-corrected chi connectivity index (χ4v) is 2.77. The van der Waals surface area contributed by atoms with E-state index in [1.54, 1.807) is 0 Å². The van der Waals surface area contributed by atoms with Gasteiger partial charge in [-0.3, -0.25) is 0 Å². The average molecular weight is 430 g/mol. The number of nitrogens with one attached hydrogen (secondary N) is 2. The average Bonchev–Trinajstić information content (AvgIpc) is 2.43. The lowest BCUT2D eigenvalue weighted by atomic mass is 10.2. The second-order valence-corrected chi connectivity index (χ2v) is 6.15. The number of anilines is 2. The summed E-state index contributed by atoms with van der Waals surface area (Å²) in [6.45, 7) is -0.466. The highest BCUT2D eigenvalue weighted by Gasteiger charge is 2.31. The number of urea groups is 1. The maximum absolute atomic E-state index is 12.3. The van der Waals surface area contributed by atoms with Crippen LogP contribution in [-0.2, 0) is 6.61 Å². The molecule has 0 spiro atoms. The van der Waals surface area contributed by atoms with E-state index in [1.165, 1.54) is 18.2 Å². The molecule has 0 unspecified atom stereocenters. The summed E-state index contributed by atoms with van der Waals surface area (Å²) >= 11 is 17.5. The van der Waals surface area contributed by atoms with Gasteiger partial charge in [0, 0.05) is 32.4 Å². The molecule has 0 saturated carbocycles. The van der Waals surface area contributed by atoms with Gasteiger partial charge in [-0.2, -0.15) is 0 Å². The van der Waals surface area contributed by atoms with E-state index in [1.807, 2.05) is 0 Å². The molecule has 11 heteroatoms. The van der Waals surface area contributed by atoms with Crippen molar-refractivity contribution in [2.24, 2.45) is 0 Å². The Labute approximate surface area is 160 Å². The third-order valence-corrected chi connectivity index (χ3v) is 3.70. The molecular formula is C15H10Cl3F3N2O3. The molecule has 0 aromatic heterocycles. The minimum Gasteiger partial charge on any atom is -0.406 e. The third kappa shape index (κ3) is 5.84. The molecule has 0 bridgehead atoms. The Morgan fingerprint density at radius 2 is 1.69 bits per heavy atom. The fraction of sp³-hybridized carbons (Fsp3) is 0.133. The number of carbonyl (C=O) groups excluding carboxylic acids is 1. The van der Waals surface area contributed by atoms with Crippen molar-refractivity contribution in [3.8, 4) is 5.75 Å². The van der Waals surface area contributed by atoms with Gasteiger partial charge in [-0.05, 0) is 24.3 Å². The van der Waals surface area contributed by atoms with Crippen molar-refractivity contribution < 1.29 is 27.8 Å². The summed E-state index contributed by atoms with van der Waals surface area (Å²) < 4.78 is 40.7. The Morgan fingerprint density at radius 1 is 1.04 bits per heavy atom.